The Hall–Kier alpha value is -2.55. The number of hydrogen-bond donors (Lipinski definition) is 3. The Balaban J connectivity index is 2.85. The Morgan fingerprint density at radius 1 is 1.53 bits per heavy atom. The summed E-state index contributed by atoms with van der Waals surface area (Å²) in [6.45, 7) is 1.68. The van der Waals surface area contributed by atoms with Gasteiger partial charge in [-0.05, 0) is 19.1 Å². The number of urea groups is 1. The lowest BCUT2D eigenvalue weighted by atomic mass is 10.1. The fourth-order valence-electron chi connectivity index (χ4n) is 1.43. The van der Waals surface area contributed by atoms with Crippen LogP contribution in [0.4, 0.5) is 14.9 Å². The highest BCUT2D eigenvalue weighted by atomic mass is 19.1. The first-order valence-corrected chi connectivity index (χ1v) is 5.48. The summed E-state index contributed by atoms with van der Waals surface area (Å²) >= 11 is 0. The number of aromatic carboxylic acids is 1. The van der Waals surface area contributed by atoms with Crippen LogP contribution in [0.1, 0.15) is 23.7 Å². The number of anilines is 1. The number of rotatable bonds is 4. The van der Waals surface area contributed by atoms with Crippen LogP contribution in [0.2, 0.25) is 0 Å². The maximum absolute atomic E-state index is 13.5. The number of halogens is 1. The second-order valence-corrected chi connectivity index (χ2v) is 3.88. The molecule has 0 aliphatic heterocycles. The molecule has 0 spiro atoms. The molecule has 5 nitrogen and oxygen atoms in total. The molecule has 2 amide bonds. The Bertz CT molecular complexity index is 537. The molecule has 1 unspecified atom stereocenters. The van der Waals surface area contributed by atoms with E-state index < -0.39 is 17.8 Å². The van der Waals surface area contributed by atoms with E-state index in [1.54, 1.807) is 6.92 Å². The highest BCUT2D eigenvalue weighted by molar-refractivity contribution is 6.00. The van der Waals surface area contributed by atoms with Gasteiger partial charge in [-0.3, -0.25) is 0 Å². The van der Waals surface area contributed by atoms with Crippen molar-refractivity contribution in [2.75, 3.05) is 5.32 Å². The number of benzene rings is 1. The van der Waals surface area contributed by atoms with Gasteiger partial charge in [0.25, 0.3) is 0 Å². The molecule has 0 aliphatic carbocycles. The second kappa shape index (κ2) is 6.40. The predicted molar refractivity (Wildman–Crippen MR) is 68.4 cm³/mol. The second-order valence-electron chi connectivity index (χ2n) is 3.88. The van der Waals surface area contributed by atoms with Gasteiger partial charge in [-0.25, -0.2) is 14.0 Å². The lowest BCUT2D eigenvalue weighted by molar-refractivity contribution is 0.0697. The number of para-hydroxylation sites is 1. The molecule has 19 heavy (non-hydrogen) atoms. The Morgan fingerprint density at radius 2 is 2.21 bits per heavy atom. The standard InChI is InChI=1S/C13H13FN2O3/c1-3-5-8(2)15-13(19)16-11-9(12(17)18)6-4-7-10(11)14/h1,4,6-8H,5H2,2H3,(H,17,18)(H2,15,16,19). The van der Waals surface area contributed by atoms with Crippen molar-refractivity contribution < 1.29 is 19.1 Å². The van der Waals surface area contributed by atoms with E-state index in [0.29, 0.717) is 6.42 Å². The highest BCUT2D eigenvalue weighted by Crippen LogP contribution is 2.19. The molecule has 1 rings (SSSR count). The number of carboxylic acid groups (broad SMARTS) is 1. The summed E-state index contributed by atoms with van der Waals surface area (Å²) in [5, 5.41) is 13.5. The molecule has 0 saturated heterocycles. The lowest BCUT2D eigenvalue weighted by Gasteiger charge is -2.13. The van der Waals surface area contributed by atoms with Gasteiger partial charge in [-0.2, -0.15) is 0 Å². The topological polar surface area (TPSA) is 78.4 Å². The summed E-state index contributed by atoms with van der Waals surface area (Å²) < 4.78 is 13.5. The minimum Gasteiger partial charge on any atom is -0.478 e. The number of carbonyl (C=O) groups excluding carboxylic acids is 1. The number of carboxylic acids is 1. The summed E-state index contributed by atoms with van der Waals surface area (Å²) in [5.74, 6) is 0.220. The molecule has 0 saturated carbocycles. The van der Waals surface area contributed by atoms with Gasteiger partial charge in [0.1, 0.15) is 5.82 Å². The van der Waals surface area contributed by atoms with Crippen molar-refractivity contribution in [3.63, 3.8) is 0 Å². The van der Waals surface area contributed by atoms with Crippen LogP contribution < -0.4 is 10.6 Å². The average Bonchev–Trinajstić information content (AvgIpc) is 2.31. The van der Waals surface area contributed by atoms with Crippen LogP contribution in [0.15, 0.2) is 18.2 Å². The van der Waals surface area contributed by atoms with E-state index in [4.69, 9.17) is 11.5 Å². The third kappa shape index (κ3) is 4.00. The first-order chi connectivity index (χ1) is 8.95. The quantitative estimate of drug-likeness (QED) is 0.728. The molecular weight excluding hydrogens is 251 g/mol. The zero-order chi connectivity index (χ0) is 14.4. The number of carbonyl (C=O) groups is 2. The minimum atomic E-state index is -1.33. The van der Waals surface area contributed by atoms with Crippen LogP contribution in [-0.2, 0) is 0 Å². The largest absolute Gasteiger partial charge is 0.478 e. The van der Waals surface area contributed by atoms with Gasteiger partial charge < -0.3 is 15.7 Å². The zero-order valence-corrected chi connectivity index (χ0v) is 10.2. The van der Waals surface area contributed by atoms with Gasteiger partial charge in [-0.15, -0.1) is 12.3 Å². The van der Waals surface area contributed by atoms with E-state index in [1.165, 1.54) is 12.1 Å². The fourth-order valence-corrected chi connectivity index (χ4v) is 1.43. The van der Waals surface area contributed by atoms with Gasteiger partial charge in [0, 0.05) is 12.5 Å². The Morgan fingerprint density at radius 3 is 2.79 bits per heavy atom. The lowest BCUT2D eigenvalue weighted by Crippen LogP contribution is -2.36. The molecule has 6 heteroatoms. The van der Waals surface area contributed by atoms with Gasteiger partial charge in [0.15, 0.2) is 0 Å². The third-order valence-electron chi connectivity index (χ3n) is 2.28. The molecular formula is C13H13FN2O3. The van der Waals surface area contributed by atoms with Crippen molar-refractivity contribution >= 4 is 17.7 Å². The SMILES string of the molecule is C#CCC(C)NC(=O)Nc1c(F)cccc1C(=O)O. The normalized spacial score (nSPS) is 11.2. The molecule has 0 bridgehead atoms. The van der Waals surface area contributed by atoms with E-state index >= 15 is 0 Å². The van der Waals surface area contributed by atoms with E-state index in [0.717, 1.165) is 6.07 Å². The first-order valence-electron chi connectivity index (χ1n) is 5.48. The number of hydrogen-bond acceptors (Lipinski definition) is 2. The molecule has 1 aromatic carbocycles. The van der Waals surface area contributed by atoms with Gasteiger partial charge >= 0.3 is 12.0 Å². The number of nitrogens with one attached hydrogen (secondary N) is 2. The monoisotopic (exact) mass is 264 g/mol. The molecule has 0 radical (unpaired) electrons. The summed E-state index contributed by atoms with van der Waals surface area (Å²) in [4.78, 5) is 22.5. The molecule has 0 aliphatic rings. The van der Waals surface area contributed by atoms with Gasteiger partial charge in [0.05, 0.1) is 11.3 Å². The number of amides is 2. The first kappa shape index (κ1) is 14.5. The highest BCUT2D eigenvalue weighted by Gasteiger charge is 2.17. The van der Waals surface area contributed by atoms with Gasteiger partial charge in [-0.1, -0.05) is 6.07 Å². The van der Waals surface area contributed by atoms with Crippen molar-refractivity contribution in [1.82, 2.24) is 5.32 Å². The summed E-state index contributed by atoms with van der Waals surface area (Å²) in [7, 11) is 0. The fraction of sp³-hybridized carbons (Fsp3) is 0.231. The van der Waals surface area contributed by atoms with Crippen LogP contribution in [0.5, 0.6) is 0 Å². The summed E-state index contributed by atoms with van der Waals surface area (Å²) in [6.07, 6.45) is 5.40. The molecule has 0 fully saturated rings. The molecule has 0 heterocycles. The van der Waals surface area contributed by atoms with E-state index in [2.05, 4.69) is 16.6 Å². The zero-order valence-electron chi connectivity index (χ0n) is 10.2. The van der Waals surface area contributed by atoms with E-state index in [1.807, 2.05) is 0 Å². The molecule has 1 atom stereocenters. The maximum Gasteiger partial charge on any atom is 0.337 e. The van der Waals surface area contributed by atoms with Crippen LogP contribution >= 0.6 is 0 Å². The Labute approximate surface area is 109 Å². The van der Waals surface area contributed by atoms with Crippen molar-refractivity contribution in [2.45, 2.75) is 19.4 Å². The van der Waals surface area contributed by atoms with Crippen LogP contribution in [0.25, 0.3) is 0 Å². The van der Waals surface area contributed by atoms with Crippen molar-refractivity contribution in [3.05, 3.63) is 29.6 Å². The van der Waals surface area contributed by atoms with Crippen LogP contribution in [0, 0.1) is 18.2 Å². The maximum atomic E-state index is 13.5. The average molecular weight is 264 g/mol. The van der Waals surface area contributed by atoms with Gasteiger partial charge in [0.2, 0.25) is 0 Å². The molecule has 3 N–H and O–H groups in total. The van der Waals surface area contributed by atoms with E-state index in [-0.39, 0.29) is 17.3 Å². The Kier molecular flexibility index (Phi) is 4.89. The number of terminal acetylenes is 1. The smallest absolute Gasteiger partial charge is 0.337 e. The summed E-state index contributed by atoms with van der Waals surface area (Å²) in [5.41, 5.74) is -0.694. The molecule has 0 aromatic heterocycles. The van der Waals surface area contributed by atoms with Crippen molar-refractivity contribution in [2.24, 2.45) is 0 Å². The van der Waals surface area contributed by atoms with E-state index in [9.17, 15) is 14.0 Å². The van der Waals surface area contributed by atoms with Crippen molar-refractivity contribution in [1.29, 1.82) is 0 Å². The molecule has 1 aromatic rings. The third-order valence-corrected chi connectivity index (χ3v) is 2.28. The molecule has 100 valence electrons. The summed E-state index contributed by atoms with van der Waals surface area (Å²) in [6, 6.07) is 2.50. The van der Waals surface area contributed by atoms with Crippen molar-refractivity contribution in [3.8, 4) is 12.3 Å². The van der Waals surface area contributed by atoms with Crippen LogP contribution in [-0.4, -0.2) is 23.1 Å². The van der Waals surface area contributed by atoms with Crippen LogP contribution in [0.3, 0.4) is 0 Å². The predicted octanol–water partition coefficient (Wildman–Crippen LogP) is 2.06. The minimum absolute atomic E-state index is 0.301.